The highest BCUT2D eigenvalue weighted by Gasteiger charge is 2.26. The molecule has 1 amide bonds. The van der Waals surface area contributed by atoms with Crippen LogP contribution < -0.4 is 5.73 Å². The van der Waals surface area contributed by atoms with E-state index in [1.54, 1.807) is 0 Å². The number of carbonyl (C=O) groups excluding carboxylic acids is 1. The van der Waals surface area contributed by atoms with E-state index >= 15 is 0 Å². The smallest absolute Gasteiger partial charge is 0.254 e. The second kappa shape index (κ2) is 6.17. The lowest BCUT2D eigenvalue weighted by Gasteiger charge is -2.35. The molecule has 2 rings (SSSR count). The number of piperidine rings is 1. The molecule has 0 bridgehead atoms. The van der Waals surface area contributed by atoms with Crippen LogP contribution >= 0.6 is 31.9 Å². The molecule has 1 aliphatic heterocycles. The minimum atomic E-state index is 0.0761. The molecular formula is C13H16Br2N2O. The van der Waals surface area contributed by atoms with E-state index in [0.717, 1.165) is 34.8 Å². The number of benzene rings is 1. The lowest BCUT2D eigenvalue weighted by atomic mass is 10.0. The van der Waals surface area contributed by atoms with Gasteiger partial charge < -0.3 is 10.6 Å². The Kier molecular flexibility index (Phi) is 4.81. The fraction of sp³-hybridized carbons (Fsp3) is 0.462. The summed E-state index contributed by atoms with van der Waals surface area (Å²) in [5, 5.41) is 0. The Hall–Kier alpha value is -0.390. The van der Waals surface area contributed by atoms with Gasteiger partial charge in [-0.3, -0.25) is 4.79 Å². The number of nitrogens with two attached hydrogens (primary N) is 1. The zero-order valence-electron chi connectivity index (χ0n) is 10.0. The first-order valence-corrected chi connectivity index (χ1v) is 7.67. The van der Waals surface area contributed by atoms with Crippen LogP contribution in [0.4, 0.5) is 0 Å². The quantitative estimate of drug-likeness (QED) is 0.862. The number of amides is 1. The third kappa shape index (κ3) is 3.13. The van der Waals surface area contributed by atoms with Crippen LogP contribution in [0.3, 0.4) is 0 Å². The standard InChI is InChI=1S/C13H16Br2N2O/c14-10-5-9(6-11(15)7-10)13(18)17-4-2-1-3-12(17)8-16/h5-7,12H,1-4,8,16H2. The van der Waals surface area contributed by atoms with E-state index in [1.165, 1.54) is 0 Å². The average molecular weight is 376 g/mol. The fourth-order valence-corrected chi connectivity index (χ4v) is 3.65. The average Bonchev–Trinajstić information content (AvgIpc) is 2.36. The van der Waals surface area contributed by atoms with Gasteiger partial charge >= 0.3 is 0 Å². The molecule has 5 heteroatoms. The van der Waals surface area contributed by atoms with Gasteiger partial charge in [0.05, 0.1) is 0 Å². The summed E-state index contributed by atoms with van der Waals surface area (Å²) in [6.07, 6.45) is 3.24. The van der Waals surface area contributed by atoms with Crippen molar-refractivity contribution in [3.05, 3.63) is 32.7 Å². The number of halogens is 2. The van der Waals surface area contributed by atoms with Crippen LogP contribution in [0.25, 0.3) is 0 Å². The van der Waals surface area contributed by atoms with Gasteiger partial charge in [-0.25, -0.2) is 0 Å². The van der Waals surface area contributed by atoms with Crippen molar-refractivity contribution in [2.24, 2.45) is 5.73 Å². The Balaban J connectivity index is 2.23. The summed E-state index contributed by atoms with van der Waals surface area (Å²) in [6.45, 7) is 1.35. The van der Waals surface area contributed by atoms with E-state index < -0.39 is 0 Å². The maximum atomic E-state index is 12.5. The molecule has 0 radical (unpaired) electrons. The van der Waals surface area contributed by atoms with Gasteiger partial charge in [-0.05, 0) is 37.5 Å². The zero-order chi connectivity index (χ0) is 13.1. The van der Waals surface area contributed by atoms with E-state index in [2.05, 4.69) is 31.9 Å². The van der Waals surface area contributed by atoms with Crippen molar-refractivity contribution < 1.29 is 4.79 Å². The molecule has 0 aliphatic carbocycles. The molecule has 98 valence electrons. The molecule has 2 N–H and O–H groups in total. The van der Waals surface area contributed by atoms with Crippen LogP contribution in [-0.4, -0.2) is 29.9 Å². The molecule has 1 saturated heterocycles. The van der Waals surface area contributed by atoms with Crippen molar-refractivity contribution in [2.45, 2.75) is 25.3 Å². The Morgan fingerprint density at radius 1 is 1.28 bits per heavy atom. The predicted octanol–water partition coefficient (Wildman–Crippen LogP) is 3.17. The van der Waals surface area contributed by atoms with Crippen LogP contribution in [0.15, 0.2) is 27.1 Å². The van der Waals surface area contributed by atoms with E-state index in [0.29, 0.717) is 12.1 Å². The predicted molar refractivity (Wildman–Crippen MR) is 79.6 cm³/mol. The molecule has 1 heterocycles. The third-order valence-electron chi connectivity index (χ3n) is 3.27. The minimum Gasteiger partial charge on any atom is -0.334 e. The van der Waals surface area contributed by atoms with Gasteiger partial charge in [0.15, 0.2) is 0 Å². The highest BCUT2D eigenvalue weighted by molar-refractivity contribution is 9.11. The van der Waals surface area contributed by atoms with Gasteiger partial charge in [0.25, 0.3) is 5.91 Å². The molecule has 1 aromatic carbocycles. The lowest BCUT2D eigenvalue weighted by molar-refractivity contribution is 0.0623. The lowest BCUT2D eigenvalue weighted by Crippen LogP contribution is -2.47. The Bertz CT molecular complexity index is 430. The SMILES string of the molecule is NCC1CCCCN1C(=O)c1cc(Br)cc(Br)c1. The largest absolute Gasteiger partial charge is 0.334 e. The number of carbonyl (C=O) groups is 1. The first-order valence-electron chi connectivity index (χ1n) is 6.09. The molecule has 1 aromatic rings. The van der Waals surface area contributed by atoms with Crippen molar-refractivity contribution >= 4 is 37.8 Å². The number of hydrogen-bond donors (Lipinski definition) is 1. The van der Waals surface area contributed by atoms with Gasteiger partial charge in [0, 0.05) is 33.6 Å². The van der Waals surface area contributed by atoms with Gasteiger partial charge in [-0.1, -0.05) is 31.9 Å². The van der Waals surface area contributed by atoms with E-state index in [9.17, 15) is 4.79 Å². The first kappa shape index (κ1) is 14.0. The van der Waals surface area contributed by atoms with Crippen molar-refractivity contribution in [1.29, 1.82) is 0 Å². The highest BCUT2D eigenvalue weighted by atomic mass is 79.9. The number of nitrogens with zero attached hydrogens (tertiary/aromatic N) is 1. The number of rotatable bonds is 2. The van der Waals surface area contributed by atoms with Crippen LogP contribution in [0, 0.1) is 0 Å². The molecule has 0 spiro atoms. The number of hydrogen-bond acceptors (Lipinski definition) is 2. The summed E-state index contributed by atoms with van der Waals surface area (Å²) < 4.78 is 1.81. The molecule has 0 saturated carbocycles. The zero-order valence-corrected chi connectivity index (χ0v) is 13.2. The normalized spacial score (nSPS) is 19.9. The third-order valence-corrected chi connectivity index (χ3v) is 4.19. The molecule has 0 aromatic heterocycles. The molecular weight excluding hydrogens is 360 g/mol. The Morgan fingerprint density at radius 3 is 2.56 bits per heavy atom. The van der Waals surface area contributed by atoms with Crippen LogP contribution in [0.2, 0.25) is 0 Å². The maximum absolute atomic E-state index is 12.5. The van der Waals surface area contributed by atoms with Gasteiger partial charge in [0.1, 0.15) is 0 Å². The van der Waals surface area contributed by atoms with Gasteiger partial charge in [-0.15, -0.1) is 0 Å². The Morgan fingerprint density at radius 2 is 1.94 bits per heavy atom. The fourth-order valence-electron chi connectivity index (χ4n) is 2.36. The van der Waals surface area contributed by atoms with Crippen molar-refractivity contribution in [1.82, 2.24) is 4.90 Å². The summed E-state index contributed by atoms with van der Waals surface area (Å²) in [5.41, 5.74) is 6.46. The molecule has 18 heavy (non-hydrogen) atoms. The van der Waals surface area contributed by atoms with Gasteiger partial charge in [-0.2, -0.15) is 0 Å². The van der Waals surface area contributed by atoms with Crippen molar-refractivity contribution in [3.63, 3.8) is 0 Å². The van der Waals surface area contributed by atoms with E-state index in [1.807, 2.05) is 23.1 Å². The Labute approximate surface area is 124 Å². The van der Waals surface area contributed by atoms with Crippen LogP contribution in [0.1, 0.15) is 29.6 Å². The molecule has 1 aliphatic rings. The summed E-state index contributed by atoms with van der Waals surface area (Å²) in [6, 6.07) is 5.82. The van der Waals surface area contributed by atoms with E-state index in [-0.39, 0.29) is 11.9 Å². The second-order valence-corrected chi connectivity index (χ2v) is 6.37. The topological polar surface area (TPSA) is 46.3 Å². The van der Waals surface area contributed by atoms with Crippen LogP contribution in [0.5, 0.6) is 0 Å². The van der Waals surface area contributed by atoms with Crippen molar-refractivity contribution in [3.8, 4) is 0 Å². The summed E-state index contributed by atoms with van der Waals surface area (Å²) >= 11 is 6.82. The highest BCUT2D eigenvalue weighted by Crippen LogP contribution is 2.24. The molecule has 1 unspecified atom stereocenters. The van der Waals surface area contributed by atoms with Gasteiger partial charge in [0.2, 0.25) is 0 Å². The second-order valence-electron chi connectivity index (χ2n) is 4.54. The summed E-state index contributed by atoms with van der Waals surface area (Å²) in [5.74, 6) is 0.0761. The van der Waals surface area contributed by atoms with Crippen LogP contribution in [-0.2, 0) is 0 Å². The number of likely N-dealkylation sites (tertiary alicyclic amines) is 1. The minimum absolute atomic E-state index is 0.0761. The summed E-state index contributed by atoms with van der Waals surface area (Å²) in [4.78, 5) is 14.4. The monoisotopic (exact) mass is 374 g/mol. The molecule has 3 nitrogen and oxygen atoms in total. The van der Waals surface area contributed by atoms with E-state index in [4.69, 9.17) is 5.73 Å². The molecule has 1 atom stereocenters. The maximum Gasteiger partial charge on any atom is 0.254 e. The first-order chi connectivity index (χ1) is 8.61. The molecule has 1 fully saturated rings. The summed E-state index contributed by atoms with van der Waals surface area (Å²) in [7, 11) is 0. The van der Waals surface area contributed by atoms with Crippen molar-refractivity contribution in [2.75, 3.05) is 13.1 Å².